The Morgan fingerprint density at radius 3 is 2.95 bits per heavy atom. The molecule has 1 N–H and O–H groups in total. The summed E-state index contributed by atoms with van der Waals surface area (Å²) >= 11 is 1.66. The van der Waals surface area contributed by atoms with E-state index >= 15 is 0 Å². The predicted octanol–water partition coefficient (Wildman–Crippen LogP) is 3.05. The molecule has 3 rings (SSSR count). The maximum atomic E-state index is 5.59. The highest BCUT2D eigenvalue weighted by molar-refractivity contribution is 7.99. The summed E-state index contributed by atoms with van der Waals surface area (Å²) in [6.45, 7) is 2.97. The average molecular weight is 275 g/mol. The summed E-state index contributed by atoms with van der Waals surface area (Å²) in [6.07, 6.45) is 2.70. The molecule has 1 aromatic heterocycles. The molecule has 4 nitrogen and oxygen atoms in total. The van der Waals surface area contributed by atoms with Gasteiger partial charge in [-0.05, 0) is 19.8 Å². The van der Waals surface area contributed by atoms with E-state index in [-0.39, 0.29) is 0 Å². The first-order chi connectivity index (χ1) is 9.31. The third kappa shape index (κ3) is 3.16. The lowest BCUT2D eigenvalue weighted by Crippen LogP contribution is -2.07. The Kier molecular flexibility index (Phi) is 3.84. The second-order valence-electron chi connectivity index (χ2n) is 4.78. The lowest BCUT2D eigenvalue weighted by atomic mass is 10.1. The van der Waals surface area contributed by atoms with Crippen molar-refractivity contribution in [1.82, 2.24) is 15.2 Å². The molecule has 1 aromatic carbocycles. The number of aryl methyl sites for hydroxylation is 1. The maximum Gasteiger partial charge on any atom is 0.208 e. The van der Waals surface area contributed by atoms with Crippen molar-refractivity contribution in [2.75, 3.05) is 12.4 Å². The van der Waals surface area contributed by atoms with Crippen LogP contribution >= 0.6 is 11.8 Å². The molecule has 0 radical (unpaired) electrons. The van der Waals surface area contributed by atoms with Crippen LogP contribution < -0.4 is 0 Å². The number of hydrogen-bond donors (Lipinski definition) is 1. The quantitative estimate of drug-likeness (QED) is 0.871. The zero-order valence-electron chi connectivity index (χ0n) is 10.9. The van der Waals surface area contributed by atoms with E-state index in [9.17, 15) is 0 Å². The smallest absolute Gasteiger partial charge is 0.208 e. The Morgan fingerprint density at radius 1 is 1.37 bits per heavy atom. The van der Waals surface area contributed by atoms with E-state index < -0.39 is 0 Å². The molecule has 0 amide bonds. The standard InChI is InChI=1S/C14H17N3OS/c1-10-4-6-11(7-5-10)13-15-14(17-16-13)19-9-12-3-2-8-18-12/h4-7,12H,2-3,8-9H2,1H3,(H,15,16,17). The zero-order valence-corrected chi connectivity index (χ0v) is 11.7. The fourth-order valence-electron chi connectivity index (χ4n) is 2.09. The van der Waals surface area contributed by atoms with Gasteiger partial charge >= 0.3 is 0 Å². The number of nitrogens with one attached hydrogen (secondary N) is 1. The van der Waals surface area contributed by atoms with E-state index in [0.717, 1.165) is 35.3 Å². The highest BCUT2D eigenvalue weighted by atomic mass is 32.2. The molecule has 19 heavy (non-hydrogen) atoms. The number of nitrogens with zero attached hydrogens (tertiary/aromatic N) is 2. The molecule has 1 aliphatic rings. The van der Waals surface area contributed by atoms with E-state index in [1.54, 1.807) is 11.8 Å². The Bertz CT molecular complexity index is 532. The van der Waals surface area contributed by atoms with Crippen LogP contribution in [0, 0.1) is 6.92 Å². The number of H-pyrrole nitrogens is 1. The van der Waals surface area contributed by atoms with Crippen LogP contribution in [0.4, 0.5) is 0 Å². The minimum atomic E-state index is 0.367. The van der Waals surface area contributed by atoms with E-state index in [4.69, 9.17) is 4.74 Å². The molecule has 0 bridgehead atoms. The van der Waals surface area contributed by atoms with Crippen LogP contribution in [-0.2, 0) is 4.74 Å². The second kappa shape index (κ2) is 5.75. The monoisotopic (exact) mass is 275 g/mol. The minimum absolute atomic E-state index is 0.367. The maximum absolute atomic E-state index is 5.59. The van der Waals surface area contributed by atoms with Crippen LogP contribution in [0.2, 0.25) is 0 Å². The molecule has 5 heteroatoms. The van der Waals surface area contributed by atoms with Crippen LogP contribution in [-0.4, -0.2) is 33.6 Å². The molecule has 2 aromatic rings. The van der Waals surface area contributed by atoms with E-state index in [0.29, 0.717) is 6.10 Å². The lowest BCUT2D eigenvalue weighted by Gasteiger charge is -2.05. The molecule has 100 valence electrons. The van der Waals surface area contributed by atoms with Crippen molar-refractivity contribution < 1.29 is 4.74 Å². The van der Waals surface area contributed by atoms with Gasteiger partial charge in [0.2, 0.25) is 5.16 Å². The molecule has 1 unspecified atom stereocenters. The van der Waals surface area contributed by atoms with Crippen LogP contribution in [0.25, 0.3) is 11.4 Å². The van der Waals surface area contributed by atoms with Crippen molar-refractivity contribution in [3.05, 3.63) is 29.8 Å². The largest absolute Gasteiger partial charge is 0.377 e. The van der Waals surface area contributed by atoms with Gasteiger partial charge in [0, 0.05) is 17.9 Å². The molecule has 1 atom stereocenters. The number of ether oxygens (including phenoxy) is 1. The molecule has 2 heterocycles. The number of aromatic amines is 1. The van der Waals surface area contributed by atoms with E-state index in [1.807, 2.05) is 0 Å². The lowest BCUT2D eigenvalue weighted by molar-refractivity contribution is 0.129. The number of aromatic nitrogens is 3. The van der Waals surface area contributed by atoms with Crippen LogP contribution in [0.5, 0.6) is 0 Å². The summed E-state index contributed by atoms with van der Waals surface area (Å²) in [5, 5.41) is 8.04. The first-order valence-electron chi connectivity index (χ1n) is 6.55. The number of thioether (sulfide) groups is 1. The second-order valence-corrected chi connectivity index (χ2v) is 5.77. The number of hydrogen-bond acceptors (Lipinski definition) is 4. The minimum Gasteiger partial charge on any atom is -0.377 e. The van der Waals surface area contributed by atoms with Gasteiger partial charge < -0.3 is 4.74 Å². The van der Waals surface area contributed by atoms with Gasteiger partial charge in [-0.1, -0.05) is 41.6 Å². The molecule has 0 saturated carbocycles. The zero-order chi connectivity index (χ0) is 13.1. The van der Waals surface area contributed by atoms with Gasteiger partial charge in [-0.25, -0.2) is 4.98 Å². The normalized spacial score (nSPS) is 18.9. The molecule has 1 aliphatic heterocycles. The van der Waals surface area contributed by atoms with Gasteiger partial charge in [-0.3, -0.25) is 5.10 Å². The van der Waals surface area contributed by atoms with Gasteiger partial charge in [0.15, 0.2) is 5.82 Å². The Morgan fingerprint density at radius 2 is 2.21 bits per heavy atom. The Balaban J connectivity index is 1.63. The summed E-state index contributed by atoms with van der Waals surface area (Å²) < 4.78 is 5.59. The van der Waals surface area contributed by atoms with Crippen molar-refractivity contribution in [3.8, 4) is 11.4 Å². The fraction of sp³-hybridized carbons (Fsp3) is 0.429. The van der Waals surface area contributed by atoms with Crippen molar-refractivity contribution in [1.29, 1.82) is 0 Å². The van der Waals surface area contributed by atoms with Crippen LogP contribution in [0.3, 0.4) is 0 Å². The van der Waals surface area contributed by atoms with Crippen LogP contribution in [0.15, 0.2) is 29.4 Å². The highest BCUT2D eigenvalue weighted by Crippen LogP contribution is 2.23. The first-order valence-corrected chi connectivity index (χ1v) is 7.54. The van der Waals surface area contributed by atoms with Gasteiger partial charge in [-0.15, -0.1) is 5.10 Å². The topological polar surface area (TPSA) is 50.8 Å². The number of benzene rings is 1. The SMILES string of the molecule is Cc1ccc(-c2nc(SCC3CCCO3)n[nH]2)cc1. The van der Waals surface area contributed by atoms with Gasteiger partial charge in [-0.2, -0.15) is 0 Å². The third-order valence-corrected chi connectivity index (χ3v) is 4.19. The van der Waals surface area contributed by atoms with Crippen molar-refractivity contribution in [2.24, 2.45) is 0 Å². The summed E-state index contributed by atoms with van der Waals surface area (Å²) in [5.41, 5.74) is 2.32. The van der Waals surface area contributed by atoms with Gasteiger partial charge in [0.25, 0.3) is 0 Å². The summed E-state index contributed by atoms with van der Waals surface area (Å²) in [7, 11) is 0. The van der Waals surface area contributed by atoms with Crippen molar-refractivity contribution in [2.45, 2.75) is 31.0 Å². The Hall–Kier alpha value is -1.33. The summed E-state index contributed by atoms with van der Waals surface area (Å²) in [4.78, 5) is 4.51. The third-order valence-electron chi connectivity index (χ3n) is 3.21. The van der Waals surface area contributed by atoms with Gasteiger partial charge in [0.05, 0.1) is 6.10 Å². The summed E-state index contributed by atoms with van der Waals surface area (Å²) in [6, 6.07) is 8.28. The fourth-order valence-corrected chi connectivity index (χ4v) is 2.96. The highest BCUT2D eigenvalue weighted by Gasteiger charge is 2.16. The molecule has 1 saturated heterocycles. The summed E-state index contributed by atoms with van der Waals surface area (Å²) in [5.74, 6) is 1.76. The van der Waals surface area contributed by atoms with Crippen molar-refractivity contribution >= 4 is 11.8 Å². The predicted molar refractivity (Wildman–Crippen MR) is 76.3 cm³/mol. The number of rotatable bonds is 4. The molecule has 0 aliphatic carbocycles. The van der Waals surface area contributed by atoms with Gasteiger partial charge in [0.1, 0.15) is 0 Å². The van der Waals surface area contributed by atoms with E-state index in [1.165, 1.54) is 12.0 Å². The average Bonchev–Trinajstić information content (AvgIpc) is 3.09. The molecular weight excluding hydrogens is 258 g/mol. The Labute approximate surface area is 117 Å². The molecular formula is C14H17N3OS. The molecule has 0 spiro atoms. The van der Waals surface area contributed by atoms with Crippen molar-refractivity contribution in [3.63, 3.8) is 0 Å². The first kappa shape index (κ1) is 12.7. The van der Waals surface area contributed by atoms with E-state index in [2.05, 4.69) is 46.4 Å². The molecule has 1 fully saturated rings. The van der Waals surface area contributed by atoms with Crippen LogP contribution in [0.1, 0.15) is 18.4 Å².